The van der Waals surface area contributed by atoms with Crippen LogP contribution in [0.5, 0.6) is 0 Å². The van der Waals surface area contributed by atoms with Gasteiger partial charge in [0, 0.05) is 18.5 Å². The van der Waals surface area contributed by atoms with Crippen molar-refractivity contribution in [3.63, 3.8) is 0 Å². The van der Waals surface area contributed by atoms with Crippen molar-refractivity contribution >= 4 is 31.5 Å². The largest absolute Gasteiger partial charge is 0.381 e. The molecular formula is C14H13BrFNO2S. The van der Waals surface area contributed by atoms with Crippen LogP contribution in [-0.4, -0.2) is 14.7 Å². The number of anilines is 1. The van der Waals surface area contributed by atoms with E-state index in [1.807, 2.05) is 6.07 Å². The number of hydrogen-bond donors (Lipinski definition) is 1. The summed E-state index contributed by atoms with van der Waals surface area (Å²) in [5.41, 5.74) is 1.58. The Morgan fingerprint density at radius 1 is 1.15 bits per heavy atom. The third-order valence-corrected chi connectivity index (χ3v) is 4.53. The molecule has 2 aromatic rings. The first-order valence-electron chi connectivity index (χ1n) is 5.84. The van der Waals surface area contributed by atoms with Gasteiger partial charge in [-0.25, -0.2) is 12.8 Å². The molecule has 0 fully saturated rings. The van der Waals surface area contributed by atoms with Crippen LogP contribution in [0.3, 0.4) is 0 Å². The van der Waals surface area contributed by atoms with Crippen molar-refractivity contribution in [3.8, 4) is 0 Å². The van der Waals surface area contributed by atoms with Crippen molar-refractivity contribution in [1.82, 2.24) is 0 Å². The lowest BCUT2D eigenvalue weighted by Gasteiger charge is -2.08. The number of sulfone groups is 1. The maximum Gasteiger partial charge on any atom is 0.175 e. The normalized spacial score (nSPS) is 11.3. The van der Waals surface area contributed by atoms with Crippen molar-refractivity contribution in [1.29, 1.82) is 0 Å². The smallest absolute Gasteiger partial charge is 0.175 e. The molecule has 0 radical (unpaired) electrons. The second-order valence-electron chi connectivity index (χ2n) is 4.40. The number of hydrogen-bond acceptors (Lipinski definition) is 3. The molecule has 0 atom stereocenters. The molecule has 1 N–H and O–H groups in total. The zero-order valence-corrected chi connectivity index (χ0v) is 13.1. The Labute approximate surface area is 125 Å². The molecule has 0 unspecified atom stereocenters. The first kappa shape index (κ1) is 15.0. The lowest BCUT2D eigenvalue weighted by molar-refractivity contribution is 0.602. The summed E-state index contributed by atoms with van der Waals surface area (Å²) in [7, 11) is -3.18. The van der Waals surface area contributed by atoms with E-state index < -0.39 is 9.84 Å². The average molecular weight is 358 g/mol. The fraction of sp³-hybridized carbons (Fsp3) is 0.143. The average Bonchev–Trinajstić information content (AvgIpc) is 2.40. The van der Waals surface area contributed by atoms with E-state index in [0.717, 1.165) is 11.3 Å². The maximum absolute atomic E-state index is 13.3. The Balaban J connectivity index is 2.06. The molecule has 0 aliphatic carbocycles. The van der Waals surface area contributed by atoms with Crippen LogP contribution in [0.2, 0.25) is 0 Å². The number of nitrogens with one attached hydrogen (secondary N) is 1. The molecule has 2 aromatic carbocycles. The molecule has 20 heavy (non-hydrogen) atoms. The van der Waals surface area contributed by atoms with Gasteiger partial charge in [-0.2, -0.15) is 0 Å². The van der Waals surface area contributed by atoms with E-state index >= 15 is 0 Å². The van der Waals surface area contributed by atoms with Crippen LogP contribution < -0.4 is 5.32 Å². The van der Waals surface area contributed by atoms with Gasteiger partial charge in [-0.05, 0) is 57.9 Å². The molecule has 0 aromatic heterocycles. The molecule has 0 aliphatic heterocycles. The van der Waals surface area contributed by atoms with Gasteiger partial charge in [0.05, 0.1) is 9.37 Å². The molecule has 0 amide bonds. The Kier molecular flexibility index (Phi) is 4.45. The predicted octanol–water partition coefficient (Wildman–Crippen LogP) is 3.60. The summed E-state index contributed by atoms with van der Waals surface area (Å²) in [5, 5.41) is 3.11. The topological polar surface area (TPSA) is 46.2 Å². The van der Waals surface area contributed by atoms with Gasteiger partial charge in [0.2, 0.25) is 0 Å². The van der Waals surface area contributed by atoms with Gasteiger partial charge in [0.1, 0.15) is 5.82 Å². The first-order chi connectivity index (χ1) is 9.36. The lowest BCUT2D eigenvalue weighted by atomic mass is 10.2. The Morgan fingerprint density at radius 2 is 1.80 bits per heavy atom. The summed E-state index contributed by atoms with van der Waals surface area (Å²) in [6.07, 6.45) is 1.17. The number of halogens is 2. The van der Waals surface area contributed by atoms with Crippen molar-refractivity contribution in [2.24, 2.45) is 0 Å². The molecule has 3 nitrogen and oxygen atoms in total. The molecule has 6 heteroatoms. The van der Waals surface area contributed by atoms with Crippen LogP contribution in [-0.2, 0) is 16.4 Å². The van der Waals surface area contributed by atoms with Crippen LogP contribution in [0, 0.1) is 5.82 Å². The lowest BCUT2D eigenvalue weighted by Crippen LogP contribution is -2.01. The molecule has 106 valence electrons. The summed E-state index contributed by atoms with van der Waals surface area (Å²) in [5.74, 6) is -0.309. The van der Waals surface area contributed by atoms with E-state index in [0.29, 0.717) is 11.0 Å². The highest BCUT2D eigenvalue weighted by Gasteiger charge is 2.06. The third kappa shape index (κ3) is 3.80. The second-order valence-corrected chi connectivity index (χ2v) is 7.27. The Hall–Kier alpha value is -1.40. The minimum absolute atomic E-state index is 0.276. The van der Waals surface area contributed by atoms with Crippen molar-refractivity contribution in [2.45, 2.75) is 11.4 Å². The summed E-state index contributed by atoms with van der Waals surface area (Å²) in [6, 6.07) is 11.4. The standard InChI is InChI=1S/C14H13BrFNO2S/c1-20(18,19)12-5-3-11(4-6-12)17-9-10-2-7-13(15)14(16)8-10/h2-8,17H,9H2,1H3. The summed E-state index contributed by atoms with van der Waals surface area (Å²) in [4.78, 5) is 0.276. The van der Waals surface area contributed by atoms with Gasteiger partial charge < -0.3 is 5.32 Å². The molecule has 0 saturated carbocycles. The van der Waals surface area contributed by atoms with Crippen LogP contribution in [0.4, 0.5) is 10.1 Å². The van der Waals surface area contributed by atoms with E-state index in [9.17, 15) is 12.8 Å². The first-order valence-corrected chi connectivity index (χ1v) is 8.52. The number of benzene rings is 2. The maximum atomic E-state index is 13.3. The van der Waals surface area contributed by atoms with Crippen molar-refractivity contribution in [2.75, 3.05) is 11.6 Å². The van der Waals surface area contributed by atoms with E-state index in [1.165, 1.54) is 12.3 Å². The predicted molar refractivity (Wildman–Crippen MR) is 81.0 cm³/mol. The Bertz CT molecular complexity index is 714. The van der Waals surface area contributed by atoms with Crippen LogP contribution in [0.1, 0.15) is 5.56 Å². The highest BCUT2D eigenvalue weighted by atomic mass is 79.9. The van der Waals surface area contributed by atoms with E-state index in [1.54, 1.807) is 30.3 Å². The zero-order chi connectivity index (χ0) is 14.8. The van der Waals surface area contributed by atoms with Gasteiger partial charge in [-0.1, -0.05) is 6.07 Å². The molecule has 0 spiro atoms. The highest BCUT2D eigenvalue weighted by molar-refractivity contribution is 9.10. The van der Waals surface area contributed by atoms with E-state index in [-0.39, 0.29) is 10.7 Å². The summed E-state index contributed by atoms with van der Waals surface area (Å²) in [6.45, 7) is 0.461. The quantitative estimate of drug-likeness (QED) is 0.908. The zero-order valence-electron chi connectivity index (χ0n) is 10.7. The molecule has 0 aliphatic rings. The fourth-order valence-electron chi connectivity index (χ4n) is 1.67. The van der Waals surface area contributed by atoms with E-state index in [4.69, 9.17) is 0 Å². The minimum atomic E-state index is -3.18. The Morgan fingerprint density at radius 3 is 2.35 bits per heavy atom. The van der Waals surface area contributed by atoms with Gasteiger partial charge in [-0.15, -0.1) is 0 Å². The van der Waals surface area contributed by atoms with Crippen molar-refractivity contribution in [3.05, 3.63) is 58.3 Å². The molecular weight excluding hydrogens is 345 g/mol. The monoisotopic (exact) mass is 357 g/mol. The second kappa shape index (κ2) is 5.93. The highest BCUT2D eigenvalue weighted by Crippen LogP contribution is 2.18. The van der Waals surface area contributed by atoms with Gasteiger partial charge in [-0.3, -0.25) is 0 Å². The molecule has 0 saturated heterocycles. The summed E-state index contributed by atoms with van der Waals surface area (Å²) >= 11 is 3.10. The van der Waals surface area contributed by atoms with E-state index in [2.05, 4.69) is 21.2 Å². The van der Waals surface area contributed by atoms with Gasteiger partial charge >= 0.3 is 0 Å². The van der Waals surface area contributed by atoms with Gasteiger partial charge in [0.15, 0.2) is 9.84 Å². The van der Waals surface area contributed by atoms with Crippen molar-refractivity contribution < 1.29 is 12.8 Å². The minimum Gasteiger partial charge on any atom is -0.381 e. The van der Waals surface area contributed by atoms with Crippen LogP contribution in [0.25, 0.3) is 0 Å². The number of rotatable bonds is 4. The summed E-state index contributed by atoms with van der Waals surface area (Å²) < 4.78 is 36.4. The fourth-order valence-corrected chi connectivity index (χ4v) is 2.55. The SMILES string of the molecule is CS(=O)(=O)c1ccc(NCc2ccc(Br)c(F)c2)cc1. The third-order valence-electron chi connectivity index (χ3n) is 2.76. The molecule has 2 rings (SSSR count). The van der Waals surface area contributed by atoms with Crippen LogP contribution >= 0.6 is 15.9 Å². The molecule has 0 heterocycles. The molecule has 0 bridgehead atoms. The van der Waals surface area contributed by atoms with Gasteiger partial charge in [0.25, 0.3) is 0 Å². The van der Waals surface area contributed by atoms with Crippen LogP contribution in [0.15, 0.2) is 51.8 Å².